The first kappa shape index (κ1) is 15.4. The van der Waals surface area contributed by atoms with E-state index < -0.39 is 36.7 Å². The fourth-order valence-corrected chi connectivity index (χ4v) is 0.988. The van der Waals surface area contributed by atoms with Crippen LogP contribution in [0.3, 0.4) is 0 Å². The van der Waals surface area contributed by atoms with Crippen molar-refractivity contribution in [2.45, 2.75) is 12.8 Å². The van der Waals surface area contributed by atoms with Crippen LogP contribution in [0.25, 0.3) is 0 Å². The maximum Gasteiger partial charge on any atom is 0.317 e. The lowest BCUT2D eigenvalue weighted by molar-refractivity contribution is -0.164. The molecule has 0 radical (unpaired) electrons. The second kappa shape index (κ2) is 8.56. The molecule has 0 aromatic rings. The molecule has 0 N–H and O–H groups in total. The first-order chi connectivity index (χ1) is 8.54. The fourth-order valence-electron chi connectivity index (χ4n) is 0.988. The van der Waals surface area contributed by atoms with Crippen molar-refractivity contribution in [2.75, 3.05) is 0 Å². The minimum Gasteiger partial charge on any atom is -0.395 e. The molecule has 9 nitrogen and oxygen atoms in total. The van der Waals surface area contributed by atoms with E-state index in [2.05, 4.69) is 14.2 Å². The molecule has 0 heterocycles. The van der Waals surface area contributed by atoms with Crippen LogP contribution in [0.1, 0.15) is 12.8 Å². The predicted molar refractivity (Wildman–Crippen MR) is 49.2 cm³/mol. The second-order valence-electron chi connectivity index (χ2n) is 2.81. The molecule has 0 aromatic heterocycles. The quantitative estimate of drug-likeness (QED) is 0.221. The average Bonchev–Trinajstić information content (AvgIpc) is 2.29. The largest absolute Gasteiger partial charge is 0.395 e. The Labute approximate surface area is 100.0 Å². The van der Waals surface area contributed by atoms with E-state index in [1.165, 1.54) is 0 Å². The number of carbonyl (C=O) groups excluding carboxylic acids is 6. The molecule has 0 bridgehead atoms. The summed E-state index contributed by atoms with van der Waals surface area (Å²) in [5.74, 6) is -4.78. The van der Waals surface area contributed by atoms with Crippen LogP contribution in [0, 0.1) is 5.92 Å². The zero-order valence-electron chi connectivity index (χ0n) is 8.90. The molecule has 0 aliphatic rings. The molecular formula is C9H8O9. The summed E-state index contributed by atoms with van der Waals surface area (Å²) < 4.78 is 11.8. The number of hydrogen-bond donors (Lipinski definition) is 0. The topological polar surface area (TPSA) is 130 Å². The lowest BCUT2D eigenvalue weighted by Gasteiger charge is -2.10. The molecule has 0 saturated carbocycles. The predicted octanol–water partition coefficient (Wildman–Crippen LogP) is -1.52. The minimum absolute atomic E-state index is 0.159. The molecule has 0 spiro atoms. The molecule has 0 aromatic carbocycles. The lowest BCUT2D eigenvalue weighted by Crippen LogP contribution is -2.25. The molecule has 0 aliphatic carbocycles. The van der Waals surface area contributed by atoms with Crippen molar-refractivity contribution in [3.63, 3.8) is 0 Å². The van der Waals surface area contributed by atoms with Crippen molar-refractivity contribution in [1.82, 2.24) is 0 Å². The van der Waals surface area contributed by atoms with Gasteiger partial charge < -0.3 is 14.2 Å². The van der Waals surface area contributed by atoms with E-state index in [9.17, 15) is 28.8 Å². The summed E-state index contributed by atoms with van der Waals surface area (Å²) in [7, 11) is 0. The van der Waals surface area contributed by atoms with Crippen molar-refractivity contribution < 1.29 is 43.0 Å². The van der Waals surface area contributed by atoms with Crippen LogP contribution in [-0.2, 0) is 43.0 Å². The molecule has 18 heavy (non-hydrogen) atoms. The highest BCUT2D eigenvalue weighted by Gasteiger charge is 2.27. The summed E-state index contributed by atoms with van der Waals surface area (Å²) in [4.78, 5) is 62.7. The Morgan fingerprint density at radius 3 is 1.50 bits per heavy atom. The van der Waals surface area contributed by atoms with Crippen LogP contribution in [0.5, 0.6) is 0 Å². The Kier molecular flexibility index (Phi) is 7.33. The molecule has 0 aliphatic heterocycles. The van der Waals surface area contributed by atoms with Crippen LogP contribution in [0.2, 0.25) is 0 Å². The van der Waals surface area contributed by atoms with Crippen molar-refractivity contribution in [3.05, 3.63) is 0 Å². The van der Waals surface area contributed by atoms with Crippen LogP contribution in [-0.4, -0.2) is 37.3 Å². The molecule has 0 fully saturated rings. The number of esters is 3. The van der Waals surface area contributed by atoms with E-state index >= 15 is 0 Å². The highest BCUT2D eigenvalue weighted by atomic mass is 16.6. The summed E-state index contributed by atoms with van der Waals surface area (Å²) in [6, 6.07) is 0. The molecule has 0 rings (SSSR count). The van der Waals surface area contributed by atoms with Gasteiger partial charge in [0.1, 0.15) is 0 Å². The van der Waals surface area contributed by atoms with Gasteiger partial charge >= 0.3 is 37.3 Å². The van der Waals surface area contributed by atoms with Gasteiger partial charge in [-0.25, -0.2) is 0 Å². The van der Waals surface area contributed by atoms with E-state index in [0.717, 1.165) is 0 Å². The Hall–Kier alpha value is -2.58. The first-order valence-electron chi connectivity index (χ1n) is 4.45. The summed E-state index contributed by atoms with van der Waals surface area (Å²) in [5, 5.41) is 0. The maximum atomic E-state index is 11.2. The second-order valence-corrected chi connectivity index (χ2v) is 2.81. The zero-order chi connectivity index (χ0) is 14.0. The molecular weight excluding hydrogens is 252 g/mol. The third kappa shape index (κ3) is 6.10. The molecule has 0 unspecified atom stereocenters. The third-order valence-corrected chi connectivity index (χ3v) is 1.68. The van der Waals surface area contributed by atoms with Gasteiger partial charge in [-0.2, -0.15) is 0 Å². The van der Waals surface area contributed by atoms with E-state index in [1.807, 2.05) is 0 Å². The van der Waals surface area contributed by atoms with E-state index in [-0.39, 0.29) is 19.4 Å². The Bertz CT molecular complexity index is 335. The molecule has 0 saturated heterocycles. The summed E-state index contributed by atoms with van der Waals surface area (Å²) >= 11 is 0. The smallest absolute Gasteiger partial charge is 0.317 e. The number of ether oxygens (including phenoxy) is 3. The highest BCUT2D eigenvalue weighted by Crippen LogP contribution is 2.12. The van der Waals surface area contributed by atoms with Crippen molar-refractivity contribution in [1.29, 1.82) is 0 Å². The summed E-state index contributed by atoms with van der Waals surface area (Å²) in [6.45, 7) is -0.506. The first-order valence-corrected chi connectivity index (χ1v) is 4.45. The van der Waals surface area contributed by atoms with Gasteiger partial charge in [0.2, 0.25) is 0 Å². The van der Waals surface area contributed by atoms with E-state index in [0.29, 0.717) is 0 Å². The van der Waals surface area contributed by atoms with Crippen LogP contribution in [0.4, 0.5) is 0 Å². The SMILES string of the molecule is O=COC(=O)CC(CC(=O)OC=O)C(=O)OC=O. The highest BCUT2D eigenvalue weighted by molar-refractivity contribution is 5.89. The molecule has 0 amide bonds. The van der Waals surface area contributed by atoms with E-state index in [1.54, 1.807) is 0 Å². The van der Waals surface area contributed by atoms with Gasteiger partial charge in [-0.05, 0) is 0 Å². The number of rotatable bonds is 8. The number of carbonyl (C=O) groups is 6. The van der Waals surface area contributed by atoms with Gasteiger partial charge in [-0.15, -0.1) is 0 Å². The standard InChI is InChI=1S/C9H8O9/c10-3-16-7(13)1-6(9(15)18-5-12)2-8(14)17-4-11/h3-6H,1-2H2. The van der Waals surface area contributed by atoms with Gasteiger partial charge in [-0.1, -0.05) is 0 Å². The normalized spacial score (nSPS) is 9.17. The Balaban J connectivity index is 4.59. The number of hydrogen-bond acceptors (Lipinski definition) is 9. The zero-order valence-corrected chi connectivity index (χ0v) is 8.90. The van der Waals surface area contributed by atoms with Crippen LogP contribution < -0.4 is 0 Å². The maximum absolute atomic E-state index is 11.2. The monoisotopic (exact) mass is 260 g/mol. The van der Waals surface area contributed by atoms with Gasteiger partial charge in [-0.3, -0.25) is 28.8 Å². The molecule has 98 valence electrons. The van der Waals surface area contributed by atoms with E-state index in [4.69, 9.17) is 0 Å². The van der Waals surface area contributed by atoms with Crippen molar-refractivity contribution in [2.24, 2.45) is 5.92 Å². The van der Waals surface area contributed by atoms with Gasteiger partial charge in [0.05, 0.1) is 18.8 Å². The van der Waals surface area contributed by atoms with Gasteiger partial charge in [0.25, 0.3) is 0 Å². The fraction of sp³-hybridized carbons (Fsp3) is 0.333. The van der Waals surface area contributed by atoms with Crippen molar-refractivity contribution in [3.8, 4) is 0 Å². The van der Waals surface area contributed by atoms with Gasteiger partial charge in [0.15, 0.2) is 0 Å². The summed E-state index contributed by atoms with van der Waals surface area (Å²) in [6.07, 6.45) is -1.36. The Morgan fingerprint density at radius 1 is 0.778 bits per heavy atom. The minimum atomic E-state index is -1.39. The molecule has 0 atom stereocenters. The van der Waals surface area contributed by atoms with Crippen molar-refractivity contribution >= 4 is 37.3 Å². The lowest BCUT2D eigenvalue weighted by atomic mass is 10.0. The Morgan fingerprint density at radius 2 is 1.17 bits per heavy atom. The average molecular weight is 260 g/mol. The van der Waals surface area contributed by atoms with Gasteiger partial charge in [0, 0.05) is 0 Å². The summed E-state index contributed by atoms with van der Waals surface area (Å²) in [5.41, 5.74) is 0. The van der Waals surface area contributed by atoms with Crippen LogP contribution in [0.15, 0.2) is 0 Å². The third-order valence-electron chi connectivity index (χ3n) is 1.68. The molecule has 9 heteroatoms. The van der Waals surface area contributed by atoms with Crippen LogP contribution >= 0.6 is 0 Å².